The Bertz CT molecular complexity index is 750. The Balaban J connectivity index is 1.69. The summed E-state index contributed by atoms with van der Waals surface area (Å²) in [4.78, 5) is 11.2. The lowest BCUT2D eigenvalue weighted by molar-refractivity contribution is 0.292. The standard InChI is InChI=1S/C17H24N4O3S/c1-12(10-20-25(22)23)13-5-7-21(8-6-13)17-15-4-3-14(24-2)9-16(15)18-11-19-17/h3-4,9,11-13,20H,5-8,10H2,1-2H3,(H,22,23). The number of nitrogens with zero attached hydrogens (tertiary/aromatic N) is 3. The van der Waals surface area contributed by atoms with E-state index in [0.29, 0.717) is 18.4 Å². The molecule has 2 aromatic rings. The Morgan fingerprint density at radius 3 is 2.84 bits per heavy atom. The Morgan fingerprint density at radius 2 is 2.16 bits per heavy atom. The van der Waals surface area contributed by atoms with Crippen LogP contribution in [-0.2, 0) is 11.3 Å². The molecule has 136 valence electrons. The van der Waals surface area contributed by atoms with Crippen molar-refractivity contribution in [1.82, 2.24) is 14.7 Å². The number of fused-ring (bicyclic) bond motifs is 1. The number of nitrogens with one attached hydrogen (secondary N) is 1. The maximum absolute atomic E-state index is 10.8. The van der Waals surface area contributed by atoms with Gasteiger partial charge >= 0.3 is 0 Å². The molecule has 0 saturated carbocycles. The maximum Gasteiger partial charge on any atom is 0.231 e. The van der Waals surface area contributed by atoms with Crippen molar-refractivity contribution < 1.29 is 13.5 Å². The molecule has 1 fully saturated rings. The molecule has 0 bridgehead atoms. The predicted molar refractivity (Wildman–Crippen MR) is 99.0 cm³/mol. The zero-order valence-electron chi connectivity index (χ0n) is 14.5. The summed E-state index contributed by atoms with van der Waals surface area (Å²) in [6, 6.07) is 5.87. The summed E-state index contributed by atoms with van der Waals surface area (Å²) < 4.78 is 27.5. The van der Waals surface area contributed by atoms with Gasteiger partial charge in [-0.05, 0) is 36.8 Å². The van der Waals surface area contributed by atoms with E-state index in [0.717, 1.165) is 48.4 Å². The van der Waals surface area contributed by atoms with Crippen molar-refractivity contribution in [2.45, 2.75) is 19.8 Å². The molecule has 1 aliphatic heterocycles. The normalized spacial score (nSPS) is 18.3. The lowest BCUT2D eigenvalue weighted by Crippen LogP contribution is -2.38. The number of rotatable bonds is 6. The van der Waals surface area contributed by atoms with Gasteiger partial charge in [-0.1, -0.05) is 6.92 Å². The highest BCUT2D eigenvalue weighted by molar-refractivity contribution is 7.77. The summed E-state index contributed by atoms with van der Waals surface area (Å²) in [5.74, 6) is 2.66. The molecule has 2 atom stereocenters. The third kappa shape index (κ3) is 4.26. The van der Waals surface area contributed by atoms with Gasteiger partial charge in [-0.2, -0.15) is 0 Å². The molecular formula is C17H24N4O3S. The van der Waals surface area contributed by atoms with Crippen LogP contribution >= 0.6 is 0 Å². The Labute approximate surface area is 150 Å². The van der Waals surface area contributed by atoms with Gasteiger partial charge in [0.25, 0.3) is 0 Å². The molecule has 1 aromatic carbocycles. The fourth-order valence-corrected chi connectivity index (χ4v) is 3.86. The second kappa shape index (κ2) is 8.07. The summed E-state index contributed by atoms with van der Waals surface area (Å²) in [6.45, 7) is 4.54. The van der Waals surface area contributed by atoms with Gasteiger partial charge in [-0.25, -0.2) is 18.9 Å². The van der Waals surface area contributed by atoms with Crippen molar-refractivity contribution in [3.63, 3.8) is 0 Å². The Morgan fingerprint density at radius 1 is 1.40 bits per heavy atom. The number of methoxy groups -OCH3 is 1. The fraction of sp³-hybridized carbons (Fsp3) is 0.529. The average molecular weight is 364 g/mol. The van der Waals surface area contributed by atoms with Gasteiger partial charge in [0.1, 0.15) is 17.9 Å². The molecule has 1 aromatic heterocycles. The quantitative estimate of drug-likeness (QED) is 0.764. The highest BCUT2D eigenvalue weighted by atomic mass is 32.2. The number of hydrogen-bond donors (Lipinski definition) is 2. The van der Waals surface area contributed by atoms with E-state index in [1.54, 1.807) is 13.4 Å². The third-order valence-corrected chi connectivity index (χ3v) is 5.41. The maximum atomic E-state index is 10.8. The van der Waals surface area contributed by atoms with Crippen LogP contribution in [0.15, 0.2) is 24.5 Å². The molecule has 3 rings (SSSR count). The van der Waals surface area contributed by atoms with E-state index in [9.17, 15) is 4.21 Å². The lowest BCUT2D eigenvalue weighted by Gasteiger charge is -2.35. The van der Waals surface area contributed by atoms with Crippen LogP contribution in [0.4, 0.5) is 5.82 Å². The fourth-order valence-electron chi connectivity index (χ4n) is 3.45. The first-order valence-corrected chi connectivity index (χ1v) is 9.57. The first kappa shape index (κ1) is 18.0. The second-order valence-corrected chi connectivity index (χ2v) is 7.27. The van der Waals surface area contributed by atoms with E-state index >= 15 is 0 Å². The zero-order valence-corrected chi connectivity index (χ0v) is 15.3. The van der Waals surface area contributed by atoms with Gasteiger partial charge in [-0.15, -0.1) is 0 Å². The molecule has 1 aliphatic rings. The van der Waals surface area contributed by atoms with Crippen molar-refractivity contribution in [3.8, 4) is 5.75 Å². The first-order valence-electron chi connectivity index (χ1n) is 8.46. The Hall–Kier alpha value is -1.77. The minimum absolute atomic E-state index is 0.365. The van der Waals surface area contributed by atoms with E-state index in [2.05, 4.69) is 26.5 Å². The van der Waals surface area contributed by atoms with E-state index in [1.807, 2.05) is 18.2 Å². The van der Waals surface area contributed by atoms with Gasteiger partial charge in [0.2, 0.25) is 11.3 Å². The SMILES string of the molecule is COc1ccc2c(N3CCC(C(C)CNS(=O)O)CC3)ncnc2c1. The van der Waals surface area contributed by atoms with E-state index in [4.69, 9.17) is 9.29 Å². The largest absolute Gasteiger partial charge is 0.497 e. The molecular weight excluding hydrogens is 340 g/mol. The number of benzene rings is 1. The van der Waals surface area contributed by atoms with Crippen LogP contribution in [0.5, 0.6) is 5.75 Å². The number of aromatic nitrogens is 2. The number of ether oxygens (including phenoxy) is 1. The molecule has 1 saturated heterocycles. The summed E-state index contributed by atoms with van der Waals surface area (Å²) >= 11 is -1.93. The number of piperidine rings is 1. The monoisotopic (exact) mass is 364 g/mol. The van der Waals surface area contributed by atoms with Gasteiger partial charge in [0, 0.05) is 31.1 Å². The molecule has 2 unspecified atom stereocenters. The summed E-state index contributed by atoms with van der Waals surface area (Å²) in [5, 5.41) is 1.03. The highest BCUT2D eigenvalue weighted by Gasteiger charge is 2.25. The predicted octanol–water partition coefficient (Wildman–Crippen LogP) is 2.22. The Kier molecular flexibility index (Phi) is 5.82. The van der Waals surface area contributed by atoms with Gasteiger partial charge in [-0.3, -0.25) is 4.55 Å². The average Bonchev–Trinajstić information content (AvgIpc) is 2.65. The lowest BCUT2D eigenvalue weighted by atomic mass is 9.85. The van der Waals surface area contributed by atoms with E-state index in [-0.39, 0.29) is 0 Å². The van der Waals surface area contributed by atoms with Crippen molar-refractivity contribution in [2.75, 3.05) is 31.6 Å². The van der Waals surface area contributed by atoms with Crippen LogP contribution in [-0.4, -0.2) is 45.5 Å². The minimum atomic E-state index is -1.93. The van der Waals surface area contributed by atoms with Crippen LogP contribution in [0.3, 0.4) is 0 Å². The van der Waals surface area contributed by atoms with Crippen molar-refractivity contribution >= 4 is 28.0 Å². The first-order chi connectivity index (χ1) is 12.1. The molecule has 0 radical (unpaired) electrons. The molecule has 7 nitrogen and oxygen atoms in total. The minimum Gasteiger partial charge on any atom is -0.497 e. The summed E-state index contributed by atoms with van der Waals surface area (Å²) in [5.41, 5.74) is 0.884. The van der Waals surface area contributed by atoms with Gasteiger partial charge in [0.15, 0.2) is 0 Å². The molecule has 2 N–H and O–H groups in total. The van der Waals surface area contributed by atoms with Crippen LogP contribution in [0.1, 0.15) is 19.8 Å². The molecule has 0 spiro atoms. The van der Waals surface area contributed by atoms with E-state index in [1.165, 1.54) is 0 Å². The topological polar surface area (TPSA) is 87.6 Å². The number of anilines is 1. The third-order valence-electron chi connectivity index (χ3n) is 5.00. The van der Waals surface area contributed by atoms with Crippen LogP contribution < -0.4 is 14.4 Å². The van der Waals surface area contributed by atoms with E-state index < -0.39 is 11.3 Å². The molecule has 0 aliphatic carbocycles. The van der Waals surface area contributed by atoms with Crippen LogP contribution in [0, 0.1) is 11.8 Å². The van der Waals surface area contributed by atoms with Gasteiger partial charge < -0.3 is 9.64 Å². The van der Waals surface area contributed by atoms with Crippen molar-refractivity contribution in [1.29, 1.82) is 0 Å². The van der Waals surface area contributed by atoms with Gasteiger partial charge in [0.05, 0.1) is 12.6 Å². The molecule has 0 amide bonds. The molecule has 8 heteroatoms. The zero-order chi connectivity index (χ0) is 17.8. The summed E-state index contributed by atoms with van der Waals surface area (Å²) in [7, 11) is 1.65. The van der Waals surface area contributed by atoms with Crippen molar-refractivity contribution in [2.24, 2.45) is 11.8 Å². The smallest absolute Gasteiger partial charge is 0.231 e. The van der Waals surface area contributed by atoms with Crippen molar-refractivity contribution in [3.05, 3.63) is 24.5 Å². The molecule has 25 heavy (non-hydrogen) atoms. The summed E-state index contributed by atoms with van der Waals surface area (Å²) in [6.07, 6.45) is 3.69. The number of hydrogen-bond acceptors (Lipinski definition) is 5. The molecule has 2 heterocycles. The van der Waals surface area contributed by atoms with Crippen LogP contribution in [0.2, 0.25) is 0 Å². The van der Waals surface area contributed by atoms with Crippen LogP contribution in [0.25, 0.3) is 10.9 Å². The highest BCUT2D eigenvalue weighted by Crippen LogP contribution is 2.31. The second-order valence-electron chi connectivity index (χ2n) is 6.48.